The Morgan fingerprint density at radius 3 is 2.75 bits per heavy atom. The monoisotopic (exact) mass is 329 g/mol. The van der Waals surface area contributed by atoms with Crippen molar-refractivity contribution in [2.75, 3.05) is 0 Å². The third-order valence-electron chi connectivity index (χ3n) is 1.90. The fraction of sp³-hybridized carbons (Fsp3) is 0.111. The molecule has 2 rings (SSSR count). The number of amides is 1. The maximum absolute atomic E-state index is 11.7. The smallest absolute Gasteiger partial charge is 0.251 e. The Balaban J connectivity index is 1.95. The van der Waals surface area contributed by atoms with E-state index in [4.69, 9.17) is 0 Å². The van der Waals surface area contributed by atoms with Crippen LogP contribution in [0.5, 0.6) is 0 Å². The SMILES string of the molecule is O=C(NCc1nn[nH]n1)c1ccc(I)cc1. The molecule has 0 aliphatic carbocycles. The van der Waals surface area contributed by atoms with Gasteiger partial charge in [-0.3, -0.25) is 4.79 Å². The molecular weight excluding hydrogens is 321 g/mol. The first kappa shape index (κ1) is 11.0. The Morgan fingerprint density at radius 1 is 1.38 bits per heavy atom. The number of H-pyrrole nitrogens is 1. The highest BCUT2D eigenvalue weighted by atomic mass is 127. The molecule has 0 atom stereocenters. The summed E-state index contributed by atoms with van der Waals surface area (Å²) in [7, 11) is 0. The average Bonchev–Trinajstić information content (AvgIpc) is 2.80. The number of halogens is 1. The van der Waals surface area contributed by atoms with E-state index in [9.17, 15) is 4.79 Å². The average molecular weight is 329 g/mol. The van der Waals surface area contributed by atoms with Gasteiger partial charge in [0.25, 0.3) is 5.91 Å². The van der Waals surface area contributed by atoms with Gasteiger partial charge in [0, 0.05) is 9.13 Å². The second-order valence-corrected chi connectivity index (χ2v) is 4.26. The molecular formula is C9H8IN5O. The second-order valence-electron chi connectivity index (χ2n) is 3.02. The lowest BCUT2D eigenvalue weighted by molar-refractivity contribution is 0.0950. The highest BCUT2D eigenvalue weighted by Gasteiger charge is 2.06. The number of nitrogens with zero attached hydrogens (tertiary/aromatic N) is 3. The normalized spacial score (nSPS) is 10.1. The molecule has 1 aromatic heterocycles. The zero-order chi connectivity index (χ0) is 11.4. The van der Waals surface area contributed by atoms with Crippen LogP contribution >= 0.6 is 22.6 Å². The van der Waals surface area contributed by atoms with Gasteiger partial charge in [0.15, 0.2) is 5.82 Å². The number of nitrogens with one attached hydrogen (secondary N) is 2. The van der Waals surface area contributed by atoms with Crippen molar-refractivity contribution < 1.29 is 4.79 Å². The van der Waals surface area contributed by atoms with Crippen molar-refractivity contribution in [1.82, 2.24) is 25.9 Å². The minimum absolute atomic E-state index is 0.152. The molecule has 2 N–H and O–H groups in total. The second kappa shape index (κ2) is 5.01. The van der Waals surface area contributed by atoms with Crippen molar-refractivity contribution in [3.8, 4) is 0 Å². The Morgan fingerprint density at radius 2 is 2.12 bits per heavy atom. The van der Waals surface area contributed by atoms with E-state index in [-0.39, 0.29) is 12.5 Å². The molecule has 2 aromatic rings. The highest BCUT2D eigenvalue weighted by Crippen LogP contribution is 2.06. The lowest BCUT2D eigenvalue weighted by Gasteiger charge is -2.02. The first-order valence-electron chi connectivity index (χ1n) is 4.52. The first-order valence-corrected chi connectivity index (χ1v) is 5.59. The number of hydrogen-bond donors (Lipinski definition) is 2. The number of benzene rings is 1. The number of rotatable bonds is 3. The van der Waals surface area contributed by atoms with Crippen LogP contribution in [0.4, 0.5) is 0 Å². The fourth-order valence-corrected chi connectivity index (χ4v) is 1.48. The Bertz CT molecular complexity index is 467. The molecule has 0 aliphatic heterocycles. The predicted molar refractivity (Wildman–Crippen MR) is 64.5 cm³/mol. The highest BCUT2D eigenvalue weighted by molar-refractivity contribution is 14.1. The van der Waals surface area contributed by atoms with Gasteiger partial charge >= 0.3 is 0 Å². The summed E-state index contributed by atoms with van der Waals surface area (Å²) in [6.45, 7) is 0.265. The van der Waals surface area contributed by atoms with Crippen LogP contribution in [0.1, 0.15) is 16.2 Å². The lowest BCUT2D eigenvalue weighted by Crippen LogP contribution is -2.23. The van der Waals surface area contributed by atoms with Crippen LogP contribution in [0.25, 0.3) is 0 Å². The van der Waals surface area contributed by atoms with Gasteiger partial charge in [0.2, 0.25) is 0 Å². The number of carbonyl (C=O) groups is 1. The number of tetrazole rings is 1. The molecule has 1 heterocycles. The molecule has 1 amide bonds. The molecule has 7 heteroatoms. The minimum atomic E-state index is -0.152. The van der Waals surface area contributed by atoms with Crippen LogP contribution in [-0.2, 0) is 6.54 Å². The van der Waals surface area contributed by atoms with Crippen molar-refractivity contribution in [2.24, 2.45) is 0 Å². The van der Waals surface area contributed by atoms with Crippen LogP contribution in [0.15, 0.2) is 24.3 Å². The zero-order valence-electron chi connectivity index (χ0n) is 8.14. The van der Waals surface area contributed by atoms with Crippen LogP contribution in [0.2, 0.25) is 0 Å². The van der Waals surface area contributed by atoms with Crippen LogP contribution < -0.4 is 5.32 Å². The first-order chi connectivity index (χ1) is 7.75. The van der Waals surface area contributed by atoms with Gasteiger partial charge in [0.05, 0.1) is 6.54 Å². The molecule has 0 fully saturated rings. The van der Waals surface area contributed by atoms with E-state index < -0.39 is 0 Å². The molecule has 0 saturated heterocycles. The molecule has 0 spiro atoms. The quantitative estimate of drug-likeness (QED) is 0.814. The van der Waals surface area contributed by atoms with E-state index >= 15 is 0 Å². The number of aromatic amines is 1. The van der Waals surface area contributed by atoms with Gasteiger partial charge in [-0.25, -0.2) is 0 Å². The predicted octanol–water partition coefficient (Wildman–Crippen LogP) is 0.734. The van der Waals surface area contributed by atoms with E-state index in [1.165, 1.54) is 0 Å². The van der Waals surface area contributed by atoms with E-state index in [1.54, 1.807) is 12.1 Å². The largest absolute Gasteiger partial charge is 0.345 e. The van der Waals surface area contributed by atoms with Crippen LogP contribution in [-0.4, -0.2) is 26.5 Å². The molecule has 82 valence electrons. The summed E-state index contributed by atoms with van der Waals surface area (Å²) >= 11 is 2.19. The summed E-state index contributed by atoms with van der Waals surface area (Å²) in [4.78, 5) is 11.7. The fourth-order valence-electron chi connectivity index (χ4n) is 1.12. The summed E-state index contributed by atoms with van der Waals surface area (Å²) in [5.41, 5.74) is 0.615. The van der Waals surface area contributed by atoms with Crippen molar-refractivity contribution in [1.29, 1.82) is 0 Å². The third kappa shape index (κ3) is 2.75. The Hall–Kier alpha value is -1.51. The topological polar surface area (TPSA) is 83.6 Å². The molecule has 0 radical (unpaired) electrons. The van der Waals surface area contributed by atoms with Gasteiger partial charge < -0.3 is 5.32 Å². The summed E-state index contributed by atoms with van der Waals surface area (Å²) in [5, 5.41) is 15.9. The molecule has 0 aliphatic rings. The maximum Gasteiger partial charge on any atom is 0.251 e. The van der Waals surface area contributed by atoms with Crippen molar-refractivity contribution in [3.05, 3.63) is 39.2 Å². The summed E-state index contributed by atoms with van der Waals surface area (Å²) < 4.78 is 1.09. The standard InChI is InChI=1S/C9H8IN5O/c10-7-3-1-6(2-4-7)9(16)11-5-8-12-14-15-13-8/h1-4H,5H2,(H,11,16)(H,12,13,14,15). The molecule has 1 aromatic carbocycles. The van der Waals surface area contributed by atoms with Crippen LogP contribution in [0, 0.1) is 3.57 Å². The third-order valence-corrected chi connectivity index (χ3v) is 2.62. The van der Waals surface area contributed by atoms with Gasteiger partial charge in [-0.1, -0.05) is 5.21 Å². The Kier molecular flexibility index (Phi) is 3.44. The molecule has 16 heavy (non-hydrogen) atoms. The van der Waals surface area contributed by atoms with E-state index in [0.29, 0.717) is 11.4 Å². The molecule has 0 unspecified atom stereocenters. The summed E-state index contributed by atoms with van der Waals surface area (Å²) in [6.07, 6.45) is 0. The van der Waals surface area contributed by atoms with Gasteiger partial charge in [-0.05, 0) is 46.9 Å². The van der Waals surface area contributed by atoms with Crippen molar-refractivity contribution in [2.45, 2.75) is 6.54 Å². The van der Waals surface area contributed by atoms with Crippen LogP contribution in [0.3, 0.4) is 0 Å². The van der Waals surface area contributed by atoms with E-state index in [2.05, 4.69) is 48.5 Å². The summed E-state index contributed by atoms with van der Waals surface area (Å²) in [5.74, 6) is 0.306. The minimum Gasteiger partial charge on any atom is -0.345 e. The number of carbonyl (C=O) groups excluding carboxylic acids is 1. The van der Waals surface area contributed by atoms with Gasteiger partial charge in [-0.2, -0.15) is 5.21 Å². The van der Waals surface area contributed by atoms with Gasteiger partial charge in [-0.15, -0.1) is 10.2 Å². The van der Waals surface area contributed by atoms with E-state index in [1.807, 2.05) is 12.1 Å². The number of hydrogen-bond acceptors (Lipinski definition) is 4. The molecule has 6 nitrogen and oxygen atoms in total. The van der Waals surface area contributed by atoms with Gasteiger partial charge in [0.1, 0.15) is 0 Å². The van der Waals surface area contributed by atoms with E-state index in [0.717, 1.165) is 3.57 Å². The number of aromatic nitrogens is 4. The Labute approximate surface area is 105 Å². The van der Waals surface area contributed by atoms with Crippen molar-refractivity contribution >= 4 is 28.5 Å². The summed E-state index contributed by atoms with van der Waals surface area (Å²) in [6, 6.07) is 7.30. The lowest BCUT2D eigenvalue weighted by atomic mass is 10.2. The molecule has 0 saturated carbocycles. The van der Waals surface area contributed by atoms with Crippen molar-refractivity contribution in [3.63, 3.8) is 0 Å². The zero-order valence-corrected chi connectivity index (χ0v) is 10.3. The maximum atomic E-state index is 11.7. The molecule has 0 bridgehead atoms.